The Hall–Kier alpha value is -2.44. The fourth-order valence-electron chi connectivity index (χ4n) is 7.01. The minimum Gasteiger partial charge on any atom is -0.381 e. The fraction of sp³-hybridized carbons (Fsp3) is 0.581. The second kappa shape index (κ2) is 13.5. The number of fused-ring (bicyclic) bond motifs is 2. The largest absolute Gasteiger partial charge is 0.381 e. The summed E-state index contributed by atoms with van der Waals surface area (Å²) in [6, 6.07) is 9.56. The summed E-state index contributed by atoms with van der Waals surface area (Å²) in [6.45, 7) is 0.940. The molecule has 1 unspecified atom stereocenters. The summed E-state index contributed by atoms with van der Waals surface area (Å²) < 4.78 is 61.8. The summed E-state index contributed by atoms with van der Waals surface area (Å²) in [7, 11) is -1.67. The molecule has 2 aromatic rings. The Kier molecular flexibility index (Phi) is 9.94. The average molecular weight is 605 g/mol. The van der Waals surface area contributed by atoms with Crippen molar-refractivity contribution in [1.29, 1.82) is 0 Å². The van der Waals surface area contributed by atoms with Crippen molar-refractivity contribution in [2.75, 3.05) is 31.3 Å². The summed E-state index contributed by atoms with van der Waals surface area (Å²) >= 11 is 0. The second-order valence-corrected chi connectivity index (χ2v) is 14.0. The number of nitrogens with zero attached hydrogens (tertiary/aromatic N) is 1. The molecule has 2 heterocycles. The number of methoxy groups -OCH3 is 1. The van der Waals surface area contributed by atoms with Gasteiger partial charge in [-0.1, -0.05) is 18.2 Å². The fourth-order valence-corrected chi connectivity index (χ4v) is 8.81. The number of amides is 1. The normalized spacial score (nSPS) is 28.8. The first-order valence-corrected chi connectivity index (χ1v) is 16.6. The van der Waals surface area contributed by atoms with Gasteiger partial charge in [-0.05, 0) is 87.1 Å². The van der Waals surface area contributed by atoms with Gasteiger partial charge in [-0.25, -0.2) is 17.2 Å². The van der Waals surface area contributed by atoms with Crippen LogP contribution in [0.4, 0.5) is 14.5 Å². The van der Waals surface area contributed by atoms with Crippen LogP contribution in [0.5, 0.6) is 0 Å². The highest BCUT2D eigenvalue weighted by Crippen LogP contribution is 2.39. The Morgan fingerprint density at radius 2 is 1.86 bits per heavy atom. The van der Waals surface area contributed by atoms with Gasteiger partial charge in [0.1, 0.15) is 11.6 Å². The molecule has 3 fully saturated rings. The first-order valence-electron chi connectivity index (χ1n) is 15.0. The number of piperazine rings is 1. The molecule has 1 aliphatic carbocycles. The van der Waals surface area contributed by atoms with E-state index >= 15 is 4.39 Å². The first-order chi connectivity index (χ1) is 20.2. The van der Waals surface area contributed by atoms with Gasteiger partial charge in [-0.3, -0.25) is 4.79 Å². The first kappa shape index (κ1) is 31.0. The molecule has 11 heteroatoms. The SMILES string of the molecule is CO[C@H]1CC[C@H]([C@H](c2ccc(F)cc2)[C@H](N)C(=O)Nc2cccc(F)c2CC[C@H]2CN[C@@H]3CCCS(=O)(=O)N2C3)CC1. The molecule has 5 rings (SSSR count). The molecule has 2 aliphatic heterocycles. The van der Waals surface area contributed by atoms with Gasteiger partial charge in [-0.2, -0.15) is 4.31 Å². The molecule has 0 spiro atoms. The Morgan fingerprint density at radius 1 is 1.12 bits per heavy atom. The van der Waals surface area contributed by atoms with Crippen LogP contribution >= 0.6 is 0 Å². The Bertz CT molecular complexity index is 1330. The summed E-state index contributed by atoms with van der Waals surface area (Å²) in [6.07, 6.45) is 5.63. The van der Waals surface area contributed by atoms with E-state index < -0.39 is 27.8 Å². The van der Waals surface area contributed by atoms with E-state index in [0.717, 1.165) is 37.7 Å². The number of benzene rings is 2. The minimum atomic E-state index is -3.37. The Morgan fingerprint density at radius 3 is 2.57 bits per heavy atom. The van der Waals surface area contributed by atoms with Crippen molar-refractivity contribution in [3.63, 3.8) is 0 Å². The van der Waals surface area contributed by atoms with Gasteiger partial charge in [0.25, 0.3) is 0 Å². The van der Waals surface area contributed by atoms with Crippen LogP contribution in [0, 0.1) is 17.6 Å². The highest BCUT2D eigenvalue weighted by atomic mass is 32.2. The van der Waals surface area contributed by atoms with E-state index in [2.05, 4.69) is 10.6 Å². The quantitative estimate of drug-likeness (QED) is 0.400. The molecule has 8 nitrogen and oxygen atoms in total. The molecule has 4 N–H and O–H groups in total. The van der Waals surface area contributed by atoms with Crippen LogP contribution in [-0.2, 0) is 26.0 Å². The van der Waals surface area contributed by atoms with Gasteiger partial charge in [-0.15, -0.1) is 0 Å². The molecule has 0 radical (unpaired) electrons. The van der Waals surface area contributed by atoms with Gasteiger partial charge >= 0.3 is 0 Å². The van der Waals surface area contributed by atoms with Crippen LogP contribution in [0.15, 0.2) is 42.5 Å². The highest BCUT2D eigenvalue weighted by Gasteiger charge is 2.39. The molecule has 2 bridgehead atoms. The van der Waals surface area contributed by atoms with Crippen molar-refractivity contribution in [1.82, 2.24) is 9.62 Å². The van der Waals surface area contributed by atoms with Crippen molar-refractivity contribution in [3.8, 4) is 0 Å². The molecule has 42 heavy (non-hydrogen) atoms. The molecule has 3 aliphatic rings. The van der Waals surface area contributed by atoms with E-state index in [-0.39, 0.29) is 48.0 Å². The van der Waals surface area contributed by atoms with Gasteiger partial charge in [0.2, 0.25) is 15.9 Å². The molecule has 230 valence electrons. The van der Waals surface area contributed by atoms with Crippen LogP contribution < -0.4 is 16.4 Å². The number of rotatable bonds is 9. The molecular formula is C31H42F2N4O4S. The van der Waals surface area contributed by atoms with Crippen molar-refractivity contribution in [2.24, 2.45) is 11.7 Å². The number of sulfonamides is 1. The van der Waals surface area contributed by atoms with Crippen LogP contribution in [0.2, 0.25) is 0 Å². The van der Waals surface area contributed by atoms with Gasteiger partial charge < -0.3 is 21.1 Å². The second-order valence-electron chi connectivity index (χ2n) is 12.0. The number of ether oxygens (including phenoxy) is 1. The van der Waals surface area contributed by atoms with Crippen LogP contribution in [0.3, 0.4) is 0 Å². The van der Waals surface area contributed by atoms with E-state index in [1.54, 1.807) is 29.6 Å². The topological polar surface area (TPSA) is 114 Å². The zero-order valence-electron chi connectivity index (χ0n) is 24.1. The molecule has 2 aromatic carbocycles. The number of carbonyl (C=O) groups is 1. The maximum atomic E-state index is 15.2. The lowest BCUT2D eigenvalue weighted by Crippen LogP contribution is -2.57. The number of carbonyl (C=O) groups excluding carboxylic acids is 1. The van der Waals surface area contributed by atoms with Crippen LogP contribution in [0.25, 0.3) is 0 Å². The number of nitrogens with one attached hydrogen (secondary N) is 2. The van der Waals surface area contributed by atoms with Crippen molar-refractivity contribution in [3.05, 3.63) is 65.2 Å². The van der Waals surface area contributed by atoms with Crippen molar-refractivity contribution < 1.29 is 26.7 Å². The molecule has 1 amide bonds. The minimum absolute atomic E-state index is 0.104. The molecule has 2 saturated heterocycles. The van der Waals surface area contributed by atoms with Gasteiger partial charge in [0.05, 0.1) is 17.9 Å². The maximum Gasteiger partial charge on any atom is 0.241 e. The number of anilines is 1. The third kappa shape index (κ3) is 7.02. The molecule has 1 saturated carbocycles. The summed E-state index contributed by atoms with van der Waals surface area (Å²) in [5, 5.41) is 6.32. The predicted octanol–water partition coefficient (Wildman–Crippen LogP) is 3.92. The predicted molar refractivity (Wildman–Crippen MR) is 159 cm³/mol. The van der Waals surface area contributed by atoms with E-state index in [4.69, 9.17) is 10.5 Å². The monoisotopic (exact) mass is 604 g/mol. The number of hydrogen-bond acceptors (Lipinski definition) is 6. The third-order valence-corrected chi connectivity index (χ3v) is 11.3. The standard InChI is InChI=1S/C31H42F2N4O4S/c1-41-25-14-9-21(10-15-25)29(20-7-11-22(32)12-8-20)30(34)31(38)36-28-6-2-5-27(33)26(28)16-13-24-18-35-23-4-3-17-42(39,40)37(24)19-23/h2,5-8,11-12,21,23-25,29-30,35H,3-4,9-10,13-19,34H2,1H3,(H,36,38)/t21-,23-,24+,25-,29+,30+/m1/s1. The summed E-state index contributed by atoms with van der Waals surface area (Å²) in [5.74, 6) is -1.39. The van der Waals surface area contributed by atoms with Crippen LogP contribution in [-0.4, -0.2) is 68.8 Å². The summed E-state index contributed by atoms with van der Waals surface area (Å²) in [4.78, 5) is 13.6. The van der Waals surface area contributed by atoms with E-state index in [9.17, 15) is 17.6 Å². The molecular weight excluding hydrogens is 562 g/mol. The van der Waals surface area contributed by atoms with Crippen LogP contribution in [0.1, 0.15) is 62.0 Å². The maximum absolute atomic E-state index is 15.2. The molecule has 5 atom stereocenters. The van der Waals surface area contributed by atoms with E-state index in [1.165, 1.54) is 24.3 Å². The summed E-state index contributed by atoms with van der Waals surface area (Å²) in [5.41, 5.74) is 8.09. The smallest absolute Gasteiger partial charge is 0.241 e. The van der Waals surface area contributed by atoms with Crippen molar-refractivity contribution in [2.45, 2.75) is 81.5 Å². The highest BCUT2D eigenvalue weighted by molar-refractivity contribution is 7.89. The van der Waals surface area contributed by atoms with E-state index in [1.807, 2.05) is 0 Å². The number of nitrogens with two attached hydrogens (primary N) is 1. The number of halogens is 2. The zero-order valence-corrected chi connectivity index (χ0v) is 24.9. The zero-order chi connectivity index (χ0) is 29.9. The lowest BCUT2D eigenvalue weighted by Gasteiger charge is -2.37. The van der Waals surface area contributed by atoms with Gasteiger partial charge in [0.15, 0.2) is 0 Å². The molecule has 0 aromatic heterocycles. The van der Waals surface area contributed by atoms with Crippen molar-refractivity contribution >= 4 is 21.6 Å². The Balaban J connectivity index is 1.32. The Labute approximate surface area is 247 Å². The lowest BCUT2D eigenvalue weighted by molar-refractivity contribution is -0.118. The average Bonchev–Trinajstić information content (AvgIpc) is 3.10. The number of hydrogen-bond donors (Lipinski definition) is 3. The van der Waals surface area contributed by atoms with E-state index in [0.29, 0.717) is 37.2 Å². The lowest BCUT2D eigenvalue weighted by atomic mass is 9.72. The third-order valence-electron chi connectivity index (χ3n) is 9.37. The van der Waals surface area contributed by atoms with Gasteiger partial charge in [0, 0.05) is 49.5 Å².